The maximum absolute atomic E-state index is 5.40. The first-order valence-electron chi connectivity index (χ1n) is 7.80. The molecule has 0 aromatic carbocycles. The Morgan fingerprint density at radius 1 is 1.30 bits per heavy atom. The van der Waals surface area contributed by atoms with Gasteiger partial charge in [-0.15, -0.1) is 0 Å². The summed E-state index contributed by atoms with van der Waals surface area (Å²) in [6.45, 7) is 2.52. The minimum atomic E-state index is 0.412. The monoisotopic (exact) mass is 314 g/mol. The number of hydrogen-bond donors (Lipinski definition) is 0. The lowest BCUT2D eigenvalue weighted by Crippen LogP contribution is -2.41. The Kier molecular flexibility index (Phi) is 3.89. The van der Waals surface area contributed by atoms with Gasteiger partial charge >= 0.3 is 0 Å². The highest BCUT2D eigenvalue weighted by atomic mass is 16.5. The van der Waals surface area contributed by atoms with Gasteiger partial charge in [0.25, 0.3) is 0 Å². The molecule has 3 aromatic rings. The molecule has 3 aromatic heterocycles. The van der Waals surface area contributed by atoms with Crippen LogP contribution in [0.5, 0.6) is 0 Å². The van der Waals surface area contributed by atoms with E-state index in [1.54, 1.807) is 25.2 Å². The summed E-state index contributed by atoms with van der Waals surface area (Å²) in [6.07, 6.45) is 10.1. The zero-order chi connectivity index (χ0) is 15.5. The molecule has 0 saturated carbocycles. The van der Waals surface area contributed by atoms with Crippen LogP contribution in [0.25, 0.3) is 11.4 Å². The SMILES string of the molecule is c1ncn(CC2CCCCN2Cc2nc(-c3ccoc3)no2)n1. The van der Waals surface area contributed by atoms with Crippen LogP contribution in [0.2, 0.25) is 0 Å². The minimum absolute atomic E-state index is 0.412. The van der Waals surface area contributed by atoms with E-state index in [1.165, 1.54) is 12.8 Å². The number of hydrogen-bond acceptors (Lipinski definition) is 7. The molecular formula is C15H18N6O2. The predicted octanol–water partition coefficient (Wildman–Crippen LogP) is 1.98. The zero-order valence-electron chi connectivity index (χ0n) is 12.7. The van der Waals surface area contributed by atoms with E-state index in [0.29, 0.717) is 24.3 Å². The largest absolute Gasteiger partial charge is 0.472 e. The Morgan fingerprint density at radius 3 is 3.13 bits per heavy atom. The fraction of sp³-hybridized carbons (Fsp3) is 0.467. The van der Waals surface area contributed by atoms with Crippen LogP contribution in [0.3, 0.4) is 0 Å². The summed E-state index contributed by atoms with van der Waals surface area (Å²) >= 11 is 0. The lowest BCUT2D eigenvalue weighted by atomic mass is 10.0. The molecular weight excluding hydrogens is 296 g/mol. The van der Waals surface area contributed by atoms with Crippen molar-refractivity contribution in [3.05, 3.63) is 37.1 Å². The van der Waals surface area contributed by atoms with Crippen molar-refractivity contribution in [3.8, 4) is 11.4 Å². The molecule has 4 heterocycles. The molecule has 1 fully saturated rings. The topological polar surface area (TPSA) is 86.0 Å². The highest BCUT2D eigenvalue weighted by Gasteiger charge is 2.25. The van der Waals surface area contributed by atoms with E-state index in [0.717, 1.165) is 25.1 Å². The van der Waals surface area contributed by atoms with Crippen LogP contribution in [-0.4, -0.2) is 42.4 Å². The van der Waals surface area contributed by atoms with Crippen LogP contribution in [0.15, 0.2) is 40.2 Å². The molecule has 0 bridgehead atoms. The van der Waals surface area contributed by atoms with Gasteiger partial charge in [-0.1, -0.05) is 11.6 Å². The van der Waals surface area contributed by atoms with Gasteiger partial charge in [0, 0.05) is 6.04 Å². The molecule has 0 radical (unpaired) electrons. The molecule has 1 aliphatic heterocycles. The maximum atomic E-state index is 5.40. The average molecular weight is 314 g/mol. The van der Waals surface area contributed by atoms with Crippen LogP contribution >= 0.6 is 0 Å². The second-order valence-electron chi connectivity index (χ2n) is 5.76. The summed E-state index contributed by atoms with van der Waals surface area (Å²) in [4.78, 5) is 10.9. The Labute approximate surface area is 133 Å². The van der Waals surface area contributed by atoms with Gasteiger partial charge in [0.05, 0.1) is 24.9 Å². The summed E-state index contributed by atoms with van der Waals surface area (Å²) < 4.78 is 12.3. The lowest BCUT2D eigenvalue weighted by Gasteiger charge is -2.34. The molecule has 0 amide bonds. The van der Waals surface area contributed by atoms with Crippen molar-refractivity contribution in [2.75, 3.05) is 6.54 Å². The third-order valence-electron chi connectivity index (χ3n) is 4.20. The van der Waals surface area contributed by atoms with E-state index in [9.17, 15) is 0 Å². The van der Waals surface area contributed by atoms with Crippen LogP contribution in [0, 0.1) is 0 Å². The summed E-state index contributed by atoms with van der Waals surface area (Å²) in [5, 5.41) is 8.23. The molecule has 0 N–H and O–H groups in total. The summed E-state index contributed by atoms with van der Waals surface area (Å²) in [5.41, 5.74) is 0.831. The molecule has 8 heteroatoms. The van der Waals surface area contributed by atoms with Crippen molar-refractivity contribution in [3.63, 3.8) is 0 Å². The number of aromatic nitrogens is 5. The lowest BCUT2D eigenvalue weighted by molar-refractivity contribution is 0.108. The first kappa shape index (κ1) is 14.1. The molecule has 1 saturated heterocycles. The van der Waals surface area contributed by atoms with Gasteiger partial charge in [-0.05, 0) is 25.5 Å². The summed E-state index contributed by atoms with van der Waals surface area (Å²) in [7, 11) is 0. The third kappa shape index (κ3) is 3.16. The first-order chi connectivity index (χ1) is 11.4. The Morgan fingerprint density at radius 2 is 2.30 bits per heavy atom. The van der Waals surface area contributed by atoms with E-state index in [-0.39, 0.29) is 0 Å². The Bertz CT molecular complexity index is 721. The van der Waals surface area contributed by atoms with E-state index in [4.69, 9.17) is 8.94 Å². The van der Waals surface area contributed by atoms with Crippen molar-refractivity contribution < 1.29 is 8.94 Å². The number of likely N-dealkylation sites (tertiary alicyclic amines) is 1. The fourth-order valence-corrected chi connectivity index (χ4v) is 3.02. The maximum Gasteiger partial charge on any atom is 0.241 e. The quantitative estimate of drug-likeness (QED) is 0.711. The van der Waals surface area contributed by atoms with Crippen LogP contribution < -0.4 is 0 Å². The van der Waals surface area contributed by atoms with Gasteiger partial charge < -0.3 is 8.94 Å². The molecule has 0 aliphatic carbocycles. The van der Waals surface area contributed by atoms with Gasteiger partial charge in [0.2, 0.25) is 11.7 Å². The molecule has 0 spiro atoms. The van der Waals surface area contributed by atoms with Crippen LogP contribution in [-0.2, 0) is 13.1 Å². The van der Waals surface area contributed by atoms with Crippen molar-refractivity contribution in [1.82, 2.24) is 29.8 Å². The van der Waals surface area contributed by atoms with E-state index < -0.39 is 0 Å². The number of piperidine rings is 1. The van der Waals surface area contributed by atoms with E-state index in [1.807, 2.05) is 10.7 Å². The summed E-state index contributed by atoms with van der Waals surface area (Å²) in [5.74, 6) is 1.20. The van der Waals surface area contributed by atoms with Gasteiger partial charge in [0.15, 0.2) is 0 Å². The summed E-state index contributed by atoms with van der Waals surface area (Å²) in [6, 6.07) is 2.23. The normalized spacial score (nSPS) is 19.2. The molecule has 120 valence electrons. The molecule has 1 atom stereocenters. The minimum Gasteiger partial charge on any atom is -0.472 e. The highest BCUT2D eigenvalue weighted by molar-refractivity contribution is 5.51. The number of rotatable bonds is 5. The van der Waals surface area contributed by atoms with E-state index >= 15 is 0 Å². The van der Waals surface area contributed by atoms with Gasteiger partial charge in [0.1, 0.15) is 18.9 Å². The van der Waals surface area contributed by atoms with Gasteiger partial charge in [-0.3, -0.25) is 9.58 Å². The number of nitrogens with zero attached hydrogens (tertiary/aromatic N) is 6. The van der Waals surface area contributed by atoms with Crippen molar-refractivity contribution in [2.45, 2.75) is 38.4 Å². The van der Waals surface area contributed by atoms with E-state index in [2.05, 4.69) is 25.1 Å². The van der Waals surface area contributed by atoms with Crippen LogP contribution in [0.1, 0.15) is 25.2 Å². The predicted molar refractivity (Wildman–Crippen MR) is 80.1 cm³/mol. The van der Waals surface area contributed by atoms with Gasteiger partial charge in [-0.25, -0.2) is 4.98 Å². The molecule has 23 heavy (non-hydrogen) atoms. The van der Waals surface area contributed by atoms with Crippen molar-refractivity contribution in [2.24, 2.45) is 0 Å². The second kappa shape index (κ2) is 6.33. The molecule has 4 rings (SSSR count). The molecule has 8 nitrogen and oxygen atoms in total. The second-order valence-corrected chi connectivity index (χ2v) is 5.76. The average Bonchev–Trinajstić information content (AvgIpc) is 3.31. The van der Waals surface area contributed by atoms with Gasteiger partial charge in [-0.2, -0.15) is 10.1 Å². The molecule has 1 aliphatic rings. The zero-order valence-corrected chi connectivity index (χ0v) is 12.7. The fourth-order valence-electron chi connectivity index (χ4n) is 3.02. The standard InChI is InChI=1S/C15H18N6O2/c1-2-5-20(13(3-1)7-21-11-16-10-17-21)8-14-18-15(19-23-14)12-4-6-22-9-12/h4,6,9-11,13H,1-3,5,7-8H2. The highest BCUT2D eigenvalue weighted by Crippen LogP contribution is 2.22. The van der Waals surface area contributed by atoms with Crippen molar-refractivity contribution >= 4 is 0 Å². The first-order valence-corrected chi connectivity index (χ1v) is 7.80. The smallest absolute Gasteiger partial charge is 0.241 e. The Balaban J connectivity index is 1.45. The molecule has 1 unspecified atom stereocenters. The third-order valence-corrected chi connectivity index (χ3v) is 4.20. The number of furan rings is 1. The van der Waals surface area contributed by atoms with Crippen molar-refractivity contribution in [1.29, 1.82) is 0 Å². The van der Waals surface area contributed by atoms with Crippen LogP contribution in [0.4, 0.5) is 0 Å². The Hall–Kier alpha value is -2.48.